The maximum Gasteiger partial charge on any atom is 0.171 e. The molecule has 0 aromatic heterocycles. The zero-order chi connectivity index (χ0) is 20.5. The van der Waals surface area contributed by atoms with E-state index in [4.69, 9.17) is 21.7 Å². The van der Waals surface area contributed by atoms with Gasteiger partial charge in [-0.3, -0.25) is 0 Å². The molecule has 1 saturated heterocycles. The number of anilines is 1. The molecule has 0 unspecified atom stereocenters. The van der Waals surface area contributed by atoms with Crippen molar-refractivity contribution in [1.29, 1.82) is 0 Å². The van der Waals surface area contributed by atoms with Crippen molar-refractivity contribution in [3.63, 3.8) is 0 Å². The van der Waals surface area contributed by atoms with E-state index in [0.29, 0.717) is 24.4 Å². The van der Waals surface area contributed by atoms with Crippen molar-refractivity contribution in [2.45, 2.75) is 25.5 Å². The summed E-state index contributed by atoms with van der Waals surface area (Å²) in [6, 6.07) is 15.9. The van der Waals surface area contributed by atoms with Crippen molar-refractivity contribution in [1.82, 2.24) is 10.2 Å². The van der Waals surface area contributed by atoms with Crippen LogP contribution in [0.4, 0.5) is 5.69 Å². The fourth-order valence-corrected chi connectivity index (χ4v) is 3.35. The number of nitrogens with zero attached hydrogens (tertiary/aromatic N) is 1. The Morgan fingerprint density at radius 2 is 1.93 bits per heavy atom. The van der Waals surface area contributed by atoms with Crippen molar-refractivity contribution in [2.75, 3.05) is 32.1 Å². The lowest BCUT2D eigenvalue weighted by Crippen LogP contribution is -2.35. The molecular formula is C23H29N3O2S. The SMILES string of the molecule is C=CCOc1cccc(NC(=S)NCc2ccc(OC3CCN(C)CC3)cc2)c1. The number of rotatable bonds is 8. The second kappa shape index (κ2) is 10.8. The molecule has 2 N–H and O–H groups in total. The van der Waals surface area contributed by atoms with Crippen LogP contribution in [-0.4, -0.2) is 42.9 Å². The molecule has 2 aromatic rings. The van der Waals surface area contributed by atoms with E-state index in [1.165, 1.54) is 0 Å². The lowest BCUT2D eigenvalue weighted by atomic mass is 10.1. The Balaban J connectivity index is 1.43. The molecule has 5 nitrogen and oxygen atoms in total. The first kappa shape index (κ1) is 21.1. The zero-order valence-electron chi connectivity index (χ0n) is 16.9. The van der Waals surface area contributed by atoms with Gasteiger partial charge in [0.25, 0.3) is 0 Å². The number of hydrogen-bond acceptors (Lipinski definition) is 4. The van der Waals surface area contributed by atoms with Crippen molar-refractivity contribution in [3.8, 4) is 11.5 Å². The molecule has 29 heavy (non-hydrogen) atoms. The van der Waals surface area contributed by atoms with Crippen LogP contribution in [0.25, 0.3) is 0 Å². The number of thiocarbonyl (C=S) groups is 1. The molecule has 2 aromatic carbocycles. The number of nitrogens with one attached hydrogen (secondary N) is 2. The van der Waals surface area contributed by atoms with Crippen molar-refractivity contribution < 1.29 is 9.47 Å². The third kappa shape index (κ3) is 7.07. The molecular weight excluding hydrogens is 382 g/mol. The second-order valence-corrected chi connectivity index (χ2v) is 7.61. The predicted molar refractivity (Wildman–Crippen MR) is 123 cm³/mol. The molecule has 0 bridgehead atoms. The molecule has 154 valence electrons. The molecule has 1 fully saturated rings. The summed E-state index contributed by atoms with van der Waals surface area (Å²) in [5, 5.41) is 6.98. The minimum atomic E-state index is 0.318. The maximum absolute atomic E-state index is 6.10. The minimum Gasteiger partial charge on any atom is -0.490 e. The molecule has 1 aliphatic heterocycles. The summed E-state index contributed by atoms with van der Waals surface area (Å²) in [5.41, 5.74) is 2.03. The number of likely N-dealkylation sites (tertiary alicyclic amines) is 1. The highest BCUT2D eigenvalue weighted by Crippen LogP contribution is 2.20. The quantitative estimate of drug-likeness (QED) is 0.501. The molecule has 0 amide bonds. The van der Waals surface area contributed by atoms with Crippen LogP contribution >= 0.6 is 12.2 Å². The van der Waals surface area contributed by atoms with Gasteiger partial charge in [0.1, 0.15) is 24.2 Å². The van der Waals surface area contributed by atoms with Crippen LogP contribution in [-0.2, 0) is 6.54 Å². The largest absolute Gasteiger partial charge is 0.490 e. The van der Waals surface area contributed by atoms with Gasteiger partial charge in [0.2, 0.25) is 0 Å². The van der Waals surface area contributed by atoms with Crippen LogP contribution in [0.1, 0.15) is 18.4 Å². The van der Waals surface area contributed by atoms with E-state index in [-0.39, 0.29) is 0 Å². The van der Waals surface area contributed by atoms with Crippen molar-refractivity contribution in [2.24, 2.45) is 0 Å². The lowest BCUT2D eigenvalue weighted by Gasteiger charge is -2.29. The topological polar surface area (TPSA) is 45.8 Å². The smallest absolute Gasteiger partial charge is 0.171 e. The van der Waals surface area contributed by atoms with Gasteiger partial charge in [0.15, 0.2) is 5.11 Å². The van der Waals surface area contributed by atoms with Gasteiger partial charge >= 0.3 is 0 Å². The van der Waals surface area contributed by atoms with Gasteiger partial charge < -0.3 is 25.0 Å². The Kier molecular flexibility index (Phi) is 7.90. The molecule has 6 heteroatoms. The third-order valence-electron chi connectivity index (χ3n) is 4.80. The van der Waals surface area contributed by atoms with Gasteiger partial charge in [-0.05, 0) is 61.9 Å². The molecule has 1 heterocycles. The average Bonchev–Trinajstić information content (AvgIpc) is 2.74. The molecule has 3 rings (SSSR count). The lowest BCUT2D eigenvalue weighted by molar-refractivity contribution is 0.114. The molecule has 0 saturated carbocycles. The first-order valence-electron chi connectivity index (χ1n) is 9.95. The minimum absolute atomic E-state index is 0.318. The summed E-state index contributed by atoms with van der Waals surface area (Å²) in [5.74, 6) is 1.71. The Labute approximate surface area is 178 Å². The van der Waals surface area contributed by atoms with Gasteiger partial charge in [-0.2, -0.15) is 0 Å². The summed E-state index contributed by atoms with van der Waals surface area (Å²) in [6.45, 7) is 6.97. The van der Waals surface area contributed by atoms with Gasteiger partial charge in [-0.15, -0.1) is 0 Å². The van der Waals surface area contributed by atoms with E-state index < -0.39 is 0 Å². The van der Waals surface area contributed by atoms with Crippen molar-refractivity contribution >= 4 is 23.0 Å². The number of hydrogen-bond donors (Lipinski definition) is 2. The zero-order valence-corrected chi connectivity index (χ0v) is 17.7. The third-order valence-corrected chi connectivity index (χ3v) is 5.05. The van der Waals surface area contributed by atoms with Crippen LogP contribution < -0.4 is 20.1 Å². The Bertz CT molecular complexity index is 802. The second-order valence-electron chi connectivity index (χ2n) is 7.20. The van der Waals surface area contributed by atoms with E-state index in [2.05, 4.69) is 41.3 Å². The number of piperidine rings is 1. The van der Waals surface area contributed by atoms with E-state index in [1.54, 1.807) is 6.08 Å². The van der Waals surface area contributed by atoms with E-state index in [0.717, 1.165) is 48.7 Å². The van der Waals surface area contributed by atoms with Crippen LogP contribution in [0.5, 0.6) is 11.5 Å². The first-order chi connectivity index (χ1) is 14.1. The molecule has 1 aliphatic rings. The highest BCUT2D eigenvalue weighted by molar-refractivity contribution is 7.80. The molecule has 0 radical (unpaired) electrons. The number of ether oxygens (including phenoxy) is 2. The average molecular weight is 412 g/mol. The number of benzene rings is 2. The van der Waals surface area contributed by atoms with E-state index in [1.807, 2.05) is 36.4 Å². The standard InChI is InChI=1S/C23H29N3O2S/c1-3-15-27-22-6-4-5-19(16-22)25-23(29)24-17-18-7-9-20(10-8-18)28-21-11-13-26(2)14-12-21/h3-10,16,21H,1,11-15,17H2,2H3,(H2,24,25,29). The van der Waals surface area contributed by atoms with Gasteiger partial charge in [-0.25, -0.2) is 0 Å². The van der Waals surface area contributed by atoms with Crippen LogP contribution in [0.2, 0.25) is 0 Å². The highest BCUT2D eigenvalue weighted by Gasteiger charge is 2.17. The fourth-order valence-electron chi connectivity index (χ4n) is 3.16. The predicted octanol–water partition coefficient (Wildman–Crippen LogP) is 4.21. The Hall–Kier alpha value is -2.57. The summed E-state index contributed by atoms with van der Waals surface area (Å²) in [7, 11) is 2.16. The molecule has 0 atom stereocenters. The molecule has 0 spiro atoms. The Morgan fingerprint density at radius 3 is 2.66 bits per heavy atom. The van der Waals surface area contributed by atoms with Gasteiger partial charge in [0, 0.05) is 31.4 Å². The van der Waals surface area contributed by atoms with Gasteiger partial charge in [-0.1, -0.05) is 30.9 Å². The van der Waals surface area contributed by atoms with Crippen molar-refractivity contribution in [3.05, 3.63) is 66.7 Å². The first-order valence-corrected chi connectivity index (χ1v) is 10.4. The van der Waals surface area contributed by atoms with E-state index >= 15 is 0 Å². The highest BCUT2D eigenvalue weighted by atomic mass is 32.1. The normalized spacial score (nSPS) is 14.8. The fraction of sp³-hybridized carbons (Fsp3) is 0.348. The van der Waals surface area contributed by atoms with Crippen LogP contribution in [0, 0.1) is 0 Å². The van der Waals surface area contributed by atoms with E-state index in [9.17, 15) is 0 Å². The summed E-state index contributed by atoms with van der Waals surface area (Å²) in [6.07, 6.45) is 4.20. The summed E-state index contributed by atoms with van der Waals surface area (Å²) in [4.78, 5) is 2.34. The van der Waals surface area contributed by atoms with Gasteiger partial charge in [0.05, 0.1) is 0 Å². The molecule has 0 aliphatic carbocycles. The maximum atomic E-state index is 6.10. The van der Waals surface area contributed by atoms with Crippen LogP contribution in [0.15, 0.2) is 61.2 Å². The van der Waals surface area contributed by atoms with Crippen LogP contribution in [0.3, 0.4) is 0 Å². The monoisotopic (exact) mass is 411 g/mol. The summed E-state index contributed by atoms with van der Waals surface area (Å²) < 4.78 is 11.6. The summed E-state index contributed by atoms with van der Waals surface area (Å²) >= 11 is 5.40. The Morgan fingerprint density at radius 1 is 1.17 bits per heavy atom.